The van der Waals surface area contributed by atoms with Gasteiger partial charge in [-0.25, -0.2) is 0 Å². The first-order valence-electron chi connectivity index (χ1n) is 6.78. The van der Waals surface area contributed by atoms with Crippen molar-refractivity contribution in [3.63, 3.8) is 0 Å². The first-order valence-corrected chi connectivity index (χ1v) is 8.17. The van der Waals surface area contributed by atoms with E-state index in [4.69, 9.17) is 10.5 Å². The molecule has 0 radical (unpaired) electrons. The van der Waals surface area contributed by atoms with E-state index >= 15 is 0 Å². The Bertz CT molecular complexity index is 453. The molecule has 0 aliphatic rings. The van der Waals surface area contributed by atoms with Gasteiger partial charge in [0.2, 0.25) is 0 Å². The first kappa shape index (κ1) is 16.9. The Labute approximate surface area is 126 Å². The third-order valence-corrected chi connectivity index (χ3v) is 3.86. The number of rotatable bonds is 7. The zero-order valence-electron chi connectivity index (χ0n) is 12.6. The minimum Gasteiger partial charge on any atom is -0.492 e. The second-order valence-corrected chi connectivity index (χ2v) is 5.58. The lowest BCUT2D eigenvalue weighted by molar-refractivity contribution is 0.210. The number of ether oxygens (including phenoxy) is 1. The summed E-state index contributed by atoms with van der Waals surface area (Å²) in [5, 5.41) is 0. The van der Waals surface area contributed by atoms with Gasteiger partial charge in [-0.3, -0.25) is 4.90 Å². The zero-order chi connectivity index (χ0) is 14.8. The second kappa shape index (κ2) is 9.71. The van der Waals surface area contributed by atoms with Crippen LogP contribution in [-0.2, 0) is 0 Å². The highest BCUT2D eigenvalue weighted by molar-refractivity contribution is 7.98. The molecule has 1 unspecified atom stereocenters. The highest BCUT2D eigenvalue weighted by Gasteiger charge is 2.07. The maximum atomic E-state index is 5.78. The van der Waals surface area contributed by atoms with Crippen LogP contribution in [0.2, 0.25) is 0 Å². The summed E-state index contributed by atoms with van der Waals surface area (Å²) in [6.07, 6.45) is 2.13. The van der Waals surface area contributed by atoms with E-state index in [1.807, 2.05) is 36.0 Å². The molecule has 0 amide bonds. The van der Waals surface area contributed by atoms with Gasteiger partial charge in [0, 0.05) is 23.9 Å². The third kappa shape index (κ3) is 6.33. The summed E-state index contributed by atoms with van der Waals surface area (Å²) in [6.45, 7) is 4.21. The topological polar surface area (TPSA) is 38.5 Å². The number of nitrogens with zero attached hydrogens (tertiary/aromatic N) is 1. The second-order valence-electron chi connectivity index (χ2n) is 4.67. The Morgan fingerprint density at radius 3 is 2.95 bits per heavy atom. The van der Waals surface area contributed by atoms with Crippen LogP contribution in [0, 0.1) is 11.8 Å². The molecule has 1 rings (SSSR count). The smallest absolute Gasteiger partial charge is 0.120 e. The fraction of sp³-hybridized carbons (Fsp3) is 0.500. The minimum atomic E-state index is 0.378. The van der Waals surface area contributed by atoms with Gasteiger partial charge in [-0.2, -0.15) is 11.8 Å². The third-order valence-electron chi connectivity index (χ3n) is 3.04. The molecule has 3 nitrogen and oxygen atoms in total. The standard InChI is InChI=1S/C16H24N2OS/c1-14(13-20-3)18(2)10-11-19-16-8-4-6-15(12-16)7-5-9-17/h4,6,8,12,14H,9-11,13,17H2,1-3H3. The van der Waals surface area contributed by atoms with Crippen LogP contribution in [0.1, 0.15) is 12.5 Å². The van der Waals surface area contributed by atoms with Crippen LogP contribution in [-0.4, -0.2) is 49.7 Å². The number of hydrogen-bond acceptors (Lipinski definition) is 4. The molecule has 110 valence electrons. The quantitative estimate of drug-likeness (QED) is 0.781. The Balaban J connectivity index is 2.42. The average molecular weight is 292 g/mol. The molecule has 0 bridgehead atoms. The Kier molecular flexibility index (Phi) is 8.20. The van der Waals surface area contributed by atoms with Gasteiger partial charge < -0.3 is 10.5 Å². The van der Waals surface area contributed by atoms with Crippen LogP contribution >= 0.6 is 11.8 Å². The molecule has 1 atom stereocenters. The van der Waals surface area contributed by atoms with Crippen LogP contribution < -0.4 is 10.5 Å². The fourth-order valence-corrected chi connectivity index (χ4v) is 2.45. The van der Waals surface area contributed by atoms with Gasteiger partial charge in [-0.1, -0.05) is 17.9 Å². The average Bonchev–Trinajstić information content (AvgIpc) is 2.45. The van der Waals surface area contributed by atoms with E-state index < -0.39 is 0 Å². The molecule has 0 spiro atoms. The van der Waals surface area contributed by atoms with E-state index in [0.29, 0.717) is 19.2 Å². The summed E-state index contributed by atoms with van der Waals surface area (Å²) < 4.78 is 5.78. The van der Waals surface area contributed by atoms with Gasteiger partial charge in [0.25, 0.3) is 0 Å². The van der Waals surface area contributed by atoms with Crippen LogP contribution in [0.3, 0.4) is 0 Å². The summed E-state index contributed by atoms with van der Waals surface area (Å²) >= 11 is 1.87. The van der Waals surface area contributed by atoms with E-state index in [0.717, 1.165) is 23.6 Å². The maximum absolute atomic E-state index is 5.78. The molecule has 0 aliphatic heterocycles. The summed E-state index contributed by atoms with van der Waals surface area (Å²) in [5.41, 5.74) is 6.31. The van der Waals surface area contributed by atoms with Crippen LogP contribution in [0.5, 0.6) is 5.75 Å². The zero-order valence-corrected chi connectivity index (χ0v) is 13.4. The predicted octanol–water partition coefficient (Wildman–Crippen LogP) is 2.06. The number of benzene rings is 1. The summed E-state index contributed by atoms with van der Waals surface area (Å²) in [5.74, 6) is 7.86. The molecule has 0 saturated heterocycles. The lowest BCUT2D eigenvalue weighted by Gasteiger charge is -2.23. The maximum Gasteiger partial charge on any atom is 0.120 e. The van der Waals surface area contributed by atoms with Crippen molar-refractivity contribution in [1.82, 2.24) is 4.90 Å². The highest BCUT2D eigenvalue weighted by Crippen LogP contribution is 2.12. The molecule has 4 heteroatoms. The highest BCUT2D eigenvalue weighted by atomic mass is 32.2. The van der Waals surface area contributed by atoms with Gasteiger partial charge in [-0.05, 0) is 38.4 Å². The Morgan fingerprint density at radius 2 is 2.25 bits per heavy atom. The van der Waals surface area contributed by atoms with Crippen molar-refractivity contribution in [2.24, 2.45) is 5.73 Å². The fourth-order valence-electron chi connectivity index (χ4n) is 1.71. The van der Waals surface area contributed by atoms with Gasteiger partial charge in [-0.15, -0.1) is 0 Å². The van der Waals surface area contributed by atoms with E-state index in [2.05, 4.69) is 37.0 Å². The summed E-state index contributed by atoms with van der Waals surface area (Å²) in [6, 6.07) is 8.39. The normalized spacial score (nSPS) is 11.8. The van der Waals surface area contributed by atoms with Crippen molar-refractivity contribution >= 4 is 11.8 Å². The van der Waals surface area contributed by atoms with E-state index in [-0.39, 0.29) is 0 Å². The largest absolute Gasteiger partial charge is 0.492 e. The molecular weight excluding hydrogens is 268 g/mol. The van der Waals surface area contributed by atoms with Crippen molar-refractivity contribution in [3.8, 4) is 17.6 Å². The lowest BCUT2D eigenvalue weighted by atomic mass is 10.2. The van der Waals surface area contributed by atoms with Crippen LogP contribution in [0.15, 0.2) is 24.3 Å². The van der Waals surface area contributed by atoms with E-state index in [9.17, 15) is 0 Å². The van der Waals surface area contributed by atoms with Crippen LogP contribution in [0.4, 0.5) is 0 Å². The van der Waals surface area contributed by atoms with Crippen LogP contribution in [0.25, 0.3) is 0 Å². The molecule has 0 heterocycles. The van der Waals surface area contributed by atoms with Gasteiger partial charge in [0.1, 0.15) is 12.4 Å². The van der Waals surface area contributed by atoms with Gasteiger partial charge in [0.05, 0.1) is 6.54 Å². The molecule has 1 aromatic rings. The number of likely N-dealkylation sites (N-methyl/N-ethyl adjacent to an activating group) is 1. The summed E-state index contributed by atoms with van der Waals surface area (Å²) in [4.78, 5) is 2.31. The van der Waals surface area contributed by atoms with E-state index in [1.165, 1.54) is 0 Å². The number of thioether (sulfide) groups is 1. The minimum absolute atomic E-state index is 0.378. The number of nitrogens with two attached hydrogens (primary N) is 1. The van der Waals surface area contributed by atoms with Crippen molar-refractivity contribution in [2.45, 2.75) is 13.0 Å². The first-order chi connectivity index (χ1) is 9.67. The van der Waals surface area contributed by atoms with E-state index in [1.54, 1.807) is 0 Å². The van der Waals surface area contributed by atoms with Crippen molar-refractivity contribution in [1.29, 1.82) is 0 Å². The van der Waals surface area contributed by atoms with Crippen molar-refractivity contribution in [2.75, 3.05) is 38.8 Å². The Hall–Kier alpha value is -1.15. The molecule has 0 aromatic heterocycles. The molecule has 1 aromatic carbocycles. The SMILES string of the molecule is CSCC(C)N(C)CCOc1cccc(C#CCN)c1. The molecule has 0 fully saturated rings. The molecule has 20 heavy (non-hydrogen) atoms. The monoisotopic (exact) mass is 292 g/mol. The molecule has 0 aliphatic carbocycles. The predicted molar refractivity (Wildman–Crippen MR) is 88.3 cm³/mol. The van der Waals surface area contributed by atoms with Crippen molar-refractivity contribution < 1.29 is 4.74 Å². The van der Waals surface area contributed by atoms with Crippen molar-refractivity contribution in [3.05, 3.63) is 29.8 Å². The number of hydrogen-bond donors (Lipinski definition) is 1. The van der Waals surface area contributed by atoms with Gasteiger partial charge in [0.15, 0.2) is 0 Å². The lowest BCUT2D eigenvalue weighted by Crippen LogP contribution is -2.34. The molecular formula is C16H24N2OS. The Morgan fingerprint density at radius 1 is 1.45 bits per heavy atom. The molecule has 0 saturated carbocycles. The molecule has 2 N–H and O–H groups in total. The van der Waals surface area contributed by atoms with Gasteiger partial charge >= 0.3 is 0 Å². The summed E-state index contributed by atoms with van der Waals surface area (Å²) in [7, 11) is 2.13.